The van der Waals surface area contributed by atoms with Gasteiger partial charge in [0.2, 0.25) is 0 Å². The molecule has 1 aromatic carbocycles. The van der Waals surface area contributed by atoms with Crippen molar-refractivity contribution in [3.8, 4) is 5.69 Å². The van der Waals surface area contributed by atoms with Crippen molar-refractivity contribution in [3.63, 3.8) is 0 Å². The lowest BCUT2D eigenvalue weighted by Gasteiger charge is -2.07. The normalized spacial score (nSPS) is 10.8. The van der Waals surface area contributed by atoms with E-state index >= 15 is 0 Å². The highest BCUT2D eigenvalue weighted by atomic mass is 79.9. The van der Waals surface area contributed by atoms with Crippen LogP contribution in [0.3, 0.4) is 0 Å². The minimum absolute atomic E-state index is 0.349. The lowest BCUT2D eigenvalue weighted by molar-refractivity contribution is 0.494. The predicted molar refractivity (Wildman–Crippen MR) is 82.8 cm³/mol. The lowest BCUT2D eigenvalue weighted by atomic mass is 10.2. The molecule has 1 N–H and O–H groups in total. The average molecular weight is 416 g/mol. The van der Waals surface area contributed by atoms with Gasteiger partial charge in [-0.05, 0) is 56.1 Å². The van der Waals surface area contributed by atoms with Crippen LogP contribution < -0.4 is 5.32 Å². The van der Waals surface area contributed by atoms with E-state index in [0.717, 1.165) is 10.2 Å². The maximum absolute atomic E-state index is 14.0. The Kier molecular flexibility index (Phi) is 4.07. The summed E-state index contributed by atoms with van der Waals surface area (Å²) < 4.78 is 22.3. The first-order valence-electron chi connectivity index (χ1n) is 5.95. The van der Waals surface area contributed by atoms with Gasteiger partial charge in [0.25, 0.3) is 0 Å². The Morgan fingerprint density at radius 1 is 1.29 bits per heavy atom. The molecule has 0 saturated heterocycles. The van der Waals surface area contributed by atoms with Crippen molar-refractivity contribution in [2.24, 2.45) is 0 Å². The Morgan fingerprint density at radius 3 is 2.76 bits per heavy atom. The second-order valence-corrected chi connectivity index (χ2v) is 5.77. The van der Waals surface area contributed by atoms with Crippen LogP contribution in [0.4, 0.5) is 10.1 Å². The van der Waals surface area contributed by atoms with Crippen LogP contribution in [0.1, 0.15) is 5.76 Å². The molecule has 0 aliphatic heterocycles. The third kappa shape index (κ3) is 3.16. The maximum atomic E-state index is 14.0. The number of halogens is 3. The van der Waals surface area contributed by atoms with Gasteiger partial charge in [-0.2, -0.15) is 5.10 Å². The molecule has 2 heterocycles. The SMILES string of the molecule is Fc1cc(NCc2cc(Br)c(Br)o2)ccc1-n1cncn1. The van der Waals surface area contributed by atoms with E-state index in [1.54, 1.807) is 12.1 Å². The van der Waals surface area contributed by atoms with E-state index in [2.05, 4.69) is 47.3 Å². The zero-order chi connectivity index (χ0) is 14.8. The van der Waals surface area contributed by atoms with Gasteiger partial charge in [0.1, 0.15) is 24.1 Å². The fraction of sp³-hybridized carbons (Fsp3) is 0.0769. The number of nitrogens with zero attached hydrogens (tertiary/aromatic N) is 3. The van der Waals surface area contributed by atoms with Crippen molar-refractivity contribution < 1.29 is 8.81 Å². The van der Waals surface area contributed by atoms with Gasteiger partial charge in [-0.1, -0.05) is 0 Å². The predicted octanol–water partition coefficient (Wildman–Crippen LogP) is 4.14. The molecule has 0 unspecified atom stereocenters. The van der Waals surface area contributed by atoms with Gasteiger partial charge in [-0.3, -0.25) is 0 Å². The highest BCUT2D eigenvalue weighted by molar-refractivity contribution is 9.13. The molecule has 0 aliphatic carbocycles. The fourth-order valence-electron chi connectivity index (χ4n) is 1.80. The summed E-state index contributed by atoms with van der Waals surface area (Å²) in [6.07, 6.45) is 2.81. The molecule has 0 saturated carbocycles. The third-order valence-corrected chi connectivity index (χ3v) is 4.49. The van der Waals surface area contributed by atoms with Crippen LogP contribution in [0.15, 0.2) is 50.5 Å². The second kappa shape index (κ2) is 5.98. The van der Waals surface area contributed by atoms with E-state index in [0.29, 0.717) is 22.6 Å². The van der Waals surface area contributed by atoms with E-state index in [-0.39, 0.29) is 5.82 Å². The van der Waals surface area contributed by atoms with Crippen LogP contribution in [-0.4, -0.2) is 14.8 Å². The summed E-state index contributed by atoms with van der Waals surface area (Å²) in [5.41, 5.74) is 1.00. The van der Waals surface area contributed by atoms with Crippen molar-refractivity contribution in [1.82, 2.24) is 14.8 Å². The summed E-state index contributed by atoms with van der Waals surface area (Å²) >= 11 is 6.61. The summed E-state index contributed by atoms with van der Waals surface area (Å²) in [5.74, 6) is 0.349. The van der Waals surface area contributed by atoms with Crippen LogP contribution in [0, 0.1) is 5.82 Å². The first-order chi connectivity index (χ1) is 10.1. The smallest absolute Gasteiger partial charge is 0.183 e. The van der Waals surface area contributed by atoms with Crippen LogP contribution in [-0.2, 0) is 6.54 Å². The summed E-state index contributed by atoms with van der Waals surface area (Å²) in [6, 6.07) is 6.66. The summed E-state index contributed by atoms with van der Waals surface area (Å²) in [4.78, 5) is 3.80. The second-order valence-electron chi connectivity index (χ2n) is 4.19. The Labute approximate surface area is 136 Å². The number of aromatic nitrogens is 3. The van der Waals surface area contributed by atoms with E-state index in [1.165, 1.54) is 23.4 Å². The first kappa shape index (κ1) is 14.3. The van der Waals surface area contributed by atoms with Crippen molar-refractivity contribution in [1.29, 1.82) is 0 Å². The zero-order valence-corrected chi connectivity index (χ0v) is 13.7. The van der Waals surface area contributed by atoms with E-state index in [1.807, 2.05) is 6.07 Å². The van der Waals surface area contributed by atoms with Crippen LogP contribution in [0.5, 0.6) is 0 Å². The molecule has 0 aliphatic rings. The van der Waals surface area contributed by atoms with Gasteiger partial charge in [-0.15, -0.1) is 0 Å². The van der Waals surface area contributed by atoms with E-state index in [9.17, 15) is 4.39 Å². The number of benzene rings is 1. The summed E-state index contributed by atoms with van der Waals surface area (Å²) in [7, 11) is 0. The van der Waals surface area contributed by atoms with Gasteiger partial charge < -0.3 is 9.73 Å². The molecule has 0 spiro atoms. The number of furan rings is 1. The van der Waals surface area contributed by atoms with Crippen molar-refractivity contribution in [3.05, 3.63) is 57.6 Å². The number of rotatable bonds is 4. The van der Waals surface area contributed by atoms with Crippen molar-refractivity contribution in [2.45, 2.75) is 6.54 Å². The molecule has 108 valence electrons. The molecule has 2 aromatic heterocycles. The molecule has 3 rings (SSSR count). The van der Waals surface area contributed by atoms with Gasteiger partial charge in [0, 0.05) is 5.69 Å². The van der Waals surface area contributed by atoms with Crippen LogP contribution in [0.25, 0.3) is 5.69 Å². The molecule has 0 radical (unpaired) electrons. The van der Waals surface area contributed by atoms with Gasteiger partial charge >= 0.3 is 0 Å². The molecule has 8 heteroatoms. The highest BCUT2D eigenvalue weighted by Gasteiger charge is 2.08. The molecule has 0 amide bonds. The standard InChI is InChI=1S/C13H9Br2FN4O/c14-10-4-9(21-13(10)15)5-18-8-1-2-12(11(16)3-8)20-7-17-6-19-20/h1-4,6-7,18H,5H2. The first-order valence-corrected chi connectivity index (χ1v) is 7.54. The molecule has 21 heavy (non-hydrogen) atoms. The Bertz CT molecular complexity index is 738. The van der Waals surface area contributed by atoms with Crippen molar-refractivity contribution in [2.75, 3.05) is 5.32 Å². The quantitative estimate of drug-likeness (QED) is 0.695. The Morgan fingerprint density at radius 2 is 2.14 bits per heavy atom. The molecular weight excluding hydrogens is 407 g/mol. The topological polar surface area (TPSA) is 55.9 Å². The molecule has 0 atom stereocenters. The number of hydrogen-bond donors (Lipinski definition) is 1. The number of anilines is 1. The zero-order valence-electron chi connectivity index (χ0n) is 10.6. The third-order valence-electron chi connectivity index (χ3n) is 2.78. The highest BCUT2D eigenvalue weighted by Crippen LogP contribution is 2.27. The number of nitrogens with one attached hydrogen (secondary N) is 1. The monoisotopic (exact) mass is 414 g/mol. The van der Waals surface area contributed by atoms with E-state index in [4.69, 9.17) is 4.42 Å². The molecule has 0 fully saturated rings. The minimum Gasteiger partial charge on any atom is -0.451 e. The molecule has 3 aromatic rings. The maximum Gasteiger partial charge on any atom is 0.183 e. The molecule has 0 bridgehead atoms. The Hall–Kier alpha value is -1.67. The fourth-order valence-corrected chi connectivity index (χ4v) is 2.46. The minimum atomic E-state index is -0.382. The van der Waals surface area contributed by atoms with Crippen molar-refractivity contribution >= 4 is 37.5 Å². The van der Waals surface area contributed by atoms with Crippen LogP contribution in [0.2, 0.25) is 0 Å². The van der Waals surface area contributed by atoms with E-state index < -0.39 is 0 Å². The summed E-state index contributed by atoms with van der Waals surface area (Å²) in [6.45, 7) is 0.451. The molecule has 5 nitrogen and oxygen atoms in total. The molecular formula is C13H9Br2FN4O. The van der Waals surface area contributed by atoms with Gasteiger partial charge in [0.05, 0.1) is 11.0 Å². The van der Waals surface area contributed by atoms with Gasteiger partial charge in [-0.25, -0.2) is 14.1 Å². The largest absolute Gasteiger partial charge is 0.451 e. The van der Waals surface area contributed by atoms with Crippen LogP contribution >= 0.6 is 31.9 Å². The Balaban J connectivity index is 1.73. The van der Waals surface area contributed by atoms with Gasteiger partial charge in [0.15, 0.2) is 10.5 Å². The summed E-state index contributed by atoms with van der Waals surface area (Å²) in [5, 5.41) is 7.00. The lowest BCUT2D eigenvalue weighted by Crippen LogP contribution is -2.02. The number of hydrogen-bond acceptors (Lipinski definition) is 4. The average Bonchev–Trinajstić information content (AvgIpc) is 3.08.